The van der Waals surface area contributed by atoms with Crippen molar-refractivity contribution < 1.29 is 14.6 Å². The fourth-order valence-electron chi connectivity index (χ4n) is 2.15. The van der Waals surface area contributed by atoms with Gasteiger partial charge in [-0.2, -0.15) is 0 Å². The van der Waals surface area contributed by atoms with Gasteiger partial charge in [0, 0.05) is 12.1 Å². The van der Waals surface area contributed by atoms with E-state index in [1.165, 1.54) is 0 Å². The van der Waals surface area contributed by atoms with E-state index in [0.717, 1.165) is 17.7 Å². The number of hydrogen-bond acceptors (Lipinski definition) is 3. The van der Waals surface area contributed by atoms with Crippen LogP contribution in [0.3, 0.4) is 0 Å². The average molecular weight is 307 g/mol. The number of carbonyl (C=O) groups excluding carboxylic acids is 1. The van der Waals surface area contributed by atoms with E-state index in [1.54, 1.807) is 6.92 Å². The van der Waals surface area contributed by atoms with Crippen molar-refractivity contribution in [3.05, 3.63) is 29.8 Å². The minimum Gasteiger partial charge on any atom is -0.491 e. The number of para-hydroxylation sites is 1. The van der Waals surface area contributed by atoms with Gasteiger partial charge in [0.2, 0.25) is 5.91 Å². The lowest BCUT2D eigenvalue weighted by Crippen LogP contribution is -2.45. The van der Waals surface area contributed by atoms with Crippen molar-refractivity contribution in [1.29, 1.82) is 0 Å². The van der Waals surface area contributed by atoms with Crippen LogP contribution in [0.5, 0.6) is 5.75 Å². The van der Waals surface area contributed by atoms with Crippen LogP contribution >= 0.6 is 0 Å². The van der Waals surface area contributed by atoms with Crippen LogP contribution in [-0.4, -0.2) is 29.3 Å². The Morgan fingerprint density at radius 2 is 1.95 bits per heavy atom. The predicted octanol–water partition coefficient (Wildman–Crippen LogP) is 2.93. The second kappa shape index (κ2) is 8.18. The summed E-state index contributed by atoms with van der Waals surface area (Å²) in [5.74, 6) is 0.758. The van der Waals surface area contributed by atoms with Crippen LogP contribution in [0.15, 0.2) is 24.3 Å². The molecule has 1 rings (SSSR count). The van der Waals surface area contributed by atoms with Crippen molar-refractivity contribution in [1.82, 2.24) is 5.32 Å². The standard InChI is InChI=1S/C18H29NO3/c1-6-14(4)18(5,21)12-19-17(20)11-15-9-7-8-10-16(15)22-13(2)3/h7-10,13-14,21H,6,11-12H2,1-5H3,(H,19,20). The normalized spacial score (nSPS) is 15.2. The lowest BCUT2D eigenvalue weighted by Gasteiger charge is -2.29. The molecule has 0 aliphatic heterocycles. The highest BCUT2D eigenvalue weighted by molar-refractivity contribution is 5.79. The molecular formula is C18H29NO3. The Balaban J connectivity index is 2.63. The summed E-state index contributed by atoms with van der Waals surface area (Å²) in [4.78, 5) is 12.1. The van der Waals surface area contributed by atoms with Crippen LogP contribution in [0.4, 0.5) is 0 Å². The summed E-state index contributed by atoms with van der Waals surface area (Å²) in [6.45, 7) is 9.95. The largest absolute Gasteiger partial charge is 0.491 e. The molecule has 0 saturated heterocycles. The third-order valence-electron chi connectivity index (χ3n) is 4.00. The molecule has 124 valence electrons. The van der Waals surface area contributed by atoms with Crippen molar-refractivity contribution in [2.24, 2.45) is 5.92 Å². The Morgan fingerprint density at radius 3 is 2.55 bits per heavy atom. The summed E-state index contributed by atoms with van der Waals surface area (Å²) in [6.07, 6.45) is 1.18. The van der Waals surface area contributed by atoms with Crippen LogP contribution in [0.25, 0.3) is 0 Å². The van der Waals surface area contributed by atoms with E-state index >= 15 is 0 Å². The van der Waals surface area contributed by atoms with Gasteiger partial charge < -0.3 is 15.2 Å². The van der Waals surface area contributed by atoms with Crippen molar-refractivity contribution >= 4 is 5.91 Å². The van der Waals surface area contributed by atoms with E-state index in [9.17, 15) is 9.90 Å². The molecule has 0 aliphatic carbocycles. The Labute approximate surface area is 133 Å². The zero-order valence-electron chi connectivity index (χ0n) is 14.3. The first-order valence-electron chi connectivity index (χ1n) is 8.00. The molecular weight excluding hydrogens is 278 g/mol. The molecule has 1 aromatic carbocycles. The molecule has 1 amide bonds. The highest BCUT2D eigenvalue weighted by Crippen LogP contribution is 2.21. The Bertz CT molecular complexity index is 483. The topological polar surface area (TPSA) is 58.6 Å². The van der Waals surface area contributed by atoms with Crippen LogP contribution in [0.2, 0.25) is 0 Å². The van der Waals surface area contributed by atoms with Gasteiger partial charge in [-0.25, -0.2) is 0 Å². The summed E-state index contributed by atoms with van der Waals surface area (Å²) in [6, 6.07) is 7.56. The SMILES string of the molecule is CCC(C)C(C)(O)CNC(=O)Cc1ccccc1OC(C)C. The molecule has 0 heterocycles. The second-order valence-corrected chi connectivity index (χ2v) is 6.39. The Kier molecular flexibility index (Phi) is 6.88. The molecule has 2 atom stereocenters. The fourth-order valence-corrected chi connectivity index (χ4v) is 2.15. The fraction of sp³-hybridized carbons (Fsp3) is 0.611. The van der Waals surface area contributed by atoms with Crippen LogP contribution in [-0.2, 0) is 11.2 Å². The van der Waals surface area contributed by atoms with Gasteiger partial charge in [0.15, 0.2) is 0 Å². The smallest absolute Gasteiger partial charge is 0.224 e. The Morgan fingerprint density at radius 1 is 1.32 bits per heavy atom. The Hall–Kier alpha value is -1.55. The van der Waals surface area contributed by atoms with E-state index in [4.69, 9.17) is 4.74 Å². The zero-order chi connectivity index (χ0) is 16.8. The maximum absolute atomic E-state index is 12.1. The summed E-state index contributed by atoms with van der Waals surface area (Å²) >= 11 is 0. The highest BCUT2D eigenvalue weighted by Gasteiger charge is 2.27. The quantitative estimate of drug-likeness (QED) is 0.776. The molecule has 0 aliphatic rings. The molecule has 0 saturated carbocycles. The first-order valence-corrected chi connectivity index (χ1v) is 8.00. The van der Waals surface area contributed by atoms with Gasteiger partial charge >= 0.3 is 0 Å². The maximum Gasteiger partial charge on any atom is 0.224 e. The summed E-state index contributed by atoms with van der Waals surface area (Å²) in [7, 11) is 0. The first kappa shape index (κ1) is 18.5. The third-order valence-corrected chi connectivity index (χ3v) is 4.00. The molecule has 2 N–H and O–H groups in total. The maximum atomic E-state index is 12.1. The molecule has 0 radical (unpaired) electrons. The van der Waals surface area contributed by atoms with E-state index < -0.39 is 5.60 Å². The van der Waals surface area contributed by atoms with E-state index in [1.807, 2.05) is 52.0 Å². The highest BCUT2D eigenvalue weighted by atomic mass is 16.5. The molecule has 4 nitrogen and oxygen atoms in total. The van der Waals surface area contributed by atoms with Crippen LogP contribution in [0.1, 0.15) is 46.6 Å². The second-order valence-electron chi connectivity index (χ2n) is 6.39. The van der Waals surface area contributed by atoms with Gasteiger partial charge in [-0.1, -0.05) is 38.5 Å². The van der Waals surface area contributed by atoms with Gasteiger partial charge in [-0.15, -0.1) is 0 Å². The van der Waals surface area contributed by atoms with Crippen molar-refractivity contribution in [3.63, 3.8) is 0 Å². The lowest BCUT2D eigenvalue weighted by molar-refractivity contribution is -0.122. The molecule has 0 bridgehead atoms. The van der Waals surface area contributed by atoms with Gasteiger partial charge in [0.1, 0.15) is 5.75 Å². The molecule has 4 heteroatoms. The number of amides is 1. The number of carbonyl (C=O) groups is 1. The number of aliphatic hydroxyl groups is 1. The third kappa shape index (κ3) is 5.68. The first-order chi connectivity index (χ1) is 10.3. The molecule has 22 heavy (non-hydrogen) atoms. The van der Waals surface area contributed by atoms with Crippen molar-refractivity contribution in [2.45, 2.75) is 59.2 Å². The lowest BCUT2D eigenvalue weighted by atomic mass is 9.88. The summed E-state index contributed by atoms with van der Waals surface area (Å²) < 4.78 is 5.72. The van der Waals surface area contributed by atoms with E-state index in [-0.39, 0.29) is 30.9 Å². The van der Waals surface area contributed by atoms with Gasteiger partial charge in [-0.05, 0) is 32.8 Å². The van der Waals surface area contributed by atoms with Gasteiger partial charge in [0.05, 0.1) is 18.1 Å². The molecule has 2 unspecified atom stereocenters. The molecule has 1 aromatic rings. The van der Waals surface area contributed by atoms with E-state index in [2.05, 4.69) is 5.32 Å². The molecule has 0 spiro atoms. The molecule has 0 fully saturated rings. The van der Waals surface area contributed by atoms with Crippen LogP contribution < -0.4 is 10.1 Å². The minimum absolute atomic E-state index is 0.0651. The van der Waals surface area contributed by atoms with Crippen LogP contribution in [0, 0.1) is 5.92 Å². The van der Waals surface area contributed by atoms with Crippen molar-refractivity contribution in [3.8, 4) is 5.75 Å². The number of ether oxygens (including phenoxy) is 1. The molecule has 0 aromatic heterocycles. The summed E-state index contributed by atoms with van der Waals surface area (Å²) in [5.41, 5.74) is -0.0323. The summed E-state index contributed by atoms with van der Waals surface area (Å²) in [5, 5.41) is 13.2. The number of rotatable bonds is 8. The van der Waals surface area contributed by atoms with E-state index in [0.29, 0.717) is 0 Å². The number of benzene rings is 1. The van der Waals surface area contributed by atoms with Crippen molar-refractivity contribution in [2.75, 3.05) is 6.54 Å². The minimum atomic E-state index is -0.891. The average Bonchev–Trinajstić information content (AvgIpc) is 2.46. The van der Waals surface area contributed by atoms with Gasteiger partial charge in [-0.3, -0.25) is 4.79 Å². The predicted molar refractivity (Wildman–Crippen MR) is 89.0 cm³/mol. The number of hydrogen-bond donors (Lipinski definition) is 2. The zero-order valence-corrected chi connectivity index (χ0v) is 14.3. The van der Waals surface area contributed by atoms with Gasteiger partial charge in [0.25, 0.3) is 0 Å². The monoisotopic (exact) mass is 307 g/mol. The number of nitrogens with one attached hydrogen (secondary N) is 1.